The minimum absolute atomic E-state index is 0.0809. The number of para-hydroxylation sites is 1. The van der Waals surface area contributed by atoms with Gasteiger partial charge in [-0.05, 0) is 12.1 Å². The lowest BCUT2D eigenvalue weighted by atomic mass is 10.1. The lowest BCUT2D eigenvalue weighted by Gasteiger charge is -2.22. The van der Waals surface area contributed by atoms with Gasteiger partial charge in [0.2, 0.25) is 0 Å². The molecule has 2 N–H and O–H groups in total. The van der Waals surface area contributed by atoms with Crippen LogP contribution in [-0.4, -0.2) is 50.8 Å². The highest BCUT2D eigenvalue weighted by Crippen LogP contribution is 2.21. The number of carbonyl (C=O) groups excluding carboxylic acids is 1. The number of rotatable bonds is 8. The Balaban J connectivity index is 2.92. The van der Waals surface area contributed by atoms with E-state index in [0.717, 1.165) is 0 Å². The number of alkyl halides is 2. The van der Waals surface area contributed by atoms with E-state index in [2.05, 4.69) is 4.74 Å². The van der Waals surface area contributed by atoms with E-state index in [-0.39, 0.29) is 17.9 Å². The highest BCUT2D eigenvalue weighted by atomic mass is 19.3. The van der Waals surface area contributed by atoms with Crippen molar-refractivity contribution in [1.29, 1.82) is 0 Å². The molecule has 0 unspecified atom stereocenters. The van der Waals surface area contributed by atoms with Crippen molar-refractivity contribution in [1.82, 2.24) is 4.90 Å². The van der Waals surface area contributed by atoms with Crippen LogP contribution in [0.3, 0.4) is 0 Å². The zero-order valence-corrected chi connectivity index (χ0v) is 11.2. The fraction of sp³-hybridized carbons (Fsp3) is 0.462. The summed E-state index contributed by atoms with van der Waals surface area (Å²) >= 11 is 0. The standard InChI is InChI=1S/C13H18F2N2O3/c1-19-9-8-17(7-6-16)12(18)10-4-2-3-5-11(10)20-13(14)15/h2-5,13H,6-9,16H2,1H3. The van der Waals surface area contributed by atoms with Gasteiger partial charge in [0.15, 0.2) is 0 Å². The fourth-order valence-corrected chi connectivity index (χ4v) is 1.68. The second kappa shape index (κ2) is 8.44. The van der Waals surface area contributed by atoms with Gasteiger partial charge in [0.05, 0.1) is 12.2 Å². The van der Waals surface area contributed by atoms with Crippen LogP contribution in [0.4, 0.5) is 8.78 Å². The van der Waals surface area contributed by atoms with Crippen LogP contribution in [0.5, 0.6) is 5.75 Å². The van der Waals surface area contributed by atoms with Crippen molar-refractivity contribution in [3.63, 3.8) is 0 Å². The Morgan fingerprint density at radius 3 is 2.65 bits per heavy atom. The van der Waals surface area contributed by atoms with Gasteiger partial charge in [0.25, 0.3) is 5.91 Å². The largest absolute Gasteiger partial charge is 0.434 e. The van der Waals surface area contributed by atoms with E-state index in [4.69, 9.17) is 10.5 Å². The number of nitrogens with zero attached hydrogens (tertiary/aromatic N) is 1. The maximum Gasteiger partial charge on any atom is 0.387 e. The molecule has 0 aliphatic heterocycles. The second-order valence-electron chi connectivity index (χ2n) is 3.95. The molecule has 0 saturated heterocycles. The van der Waals surface area contributed by atoms with Crippen LogP contribution in [0, 0.1) is 0 Å². The third kappa shape index (κ3) is 4.75. The number of nitrogens with two attached hydrogens (primary N) is 1. The van der Waals surface area contributed by atoms with Gasteiger partial charge in [-0.15, -0.1) is 0 Å². The molecular formula is C13H18F2N2O3. The smallest absolute Gasteiger partial charge is 0.387 e. The number of ether oxygens (including phenoxy) is 2. The molecule has 0 aliphatic rings. The average molecular weight is 288 g/mol. The van der Waals surface area contributed by atoms with Crippen LogP contribution in [0.1, 0.15) is 10.4 Å². The second-order valence-corrected chi connectivity index (χ2v) is 3.95. The molecule has 0 radical (unpaired) electrons. The topological polar surface area (TPSA) is 64.8 Å². The van der Waals surface area contributed by atoms with E-state index in [1.165, 1.54) is 30.2 Å². The lowest BCUT2D eigenvalue weighted by molar-refractivity contribution is -0.0503. The van der Waals surface area contributed by atoms with Crippen LogP contribution in [0.15, 0.2) is 24.3 Å². The summed E-state index contributed by atoms with van der Waals surface area (Å²) < 4.78 is 33.9. The number of hydrogen-bond donors (Lipinski definition) is 1. The highest BCUT2D eigenvalue weighted by Gasteiger charge is 2.20. The van der Waals surface area contributed by atoms with Gasteiger partial charge in [0.1, 0.15) is 5.75 Å². The molecule has 0 saturated carbocycles. The van der Waals surface area contributed by atoms with Crippen LogP contribution in [-0.2, 0) is 4.74 Å². The first kappa shape index (κ1) is 16.3. The summed E-state index contributed by atoms with van der Waals surface area (Å²) in [4.78, 5) is 13.8. The molecule has 112 valence electrons. The first-order valence-electron chi connectivity index (χ1n) is 6.12. The van der Waals surface area contributed by atoms with Gasteiger partial charge in [0, 0.05) is 26.7 Å². The van der Waals surface area contributed by atoms with Crippen LogP contribution in [0.2, 0.25) is 0 Å². The van der Waals surface area contributed by atoms with Crippen molar-refractivity contribution >= 4 is 5.91 Å². The molecule has 5 nitrogen and oxygen atoms in total. The number of methoxy groups -OCH3 is 1. The molecule has 1 aromatic rings. The Hall–Kier alpha value is -1.73. The zero-order chi connectivity index (χ0) is 15.0. The van der Waals surface area contributed by atoms with Crippen LogP contribution >= 0.6 is 0 Å². The SMILES string of the molecule is COCCN(CCN)C(=O)c1ccccc1OC(F)F. The van der Waals surface area contributed by atoms with Crippen molar-refractivity contribution in [3.8, 4) is 5.75 Å². The Kier molecular flexibility index (Phi) is 6.89. The Labute approximate surface area is 116 Å². The molecule has 0 atom stereocenters. The van der Waals surface area contributed by atoms with Crippen LogP contribution < -0.4 is 10.5 Å². The molecule has 1 rings (SSSR count). The van der Waals surface area contributed by atoms with Crippen molar-refractivity contribution in [2.75, 3.05) is 33.4 Å². The summed E-state index contributed by atoms with van der Waals surface area (Å²) in [7, 11) is 1.51. The van der Waals surface area contributed by atoms with Gasteiger partial charge in [-0.25, -0.2) is 0 Å². The summed E-state index contributed by atoms with van der Waals surface area (Å²) in [6.07, 6.45) is 0. The van der Waals surface area contributed by atoms with Crippen molar-refractivity contribution < 1.29 is 23.0 Å². The molecule has 0 bridgehead atoms. The summed E-state index contributed by atoms with van der Waals surface area (Å²) in [6.45, 7) is -1.73. The highest BCUT2D eigenvalue weighted by molar-refractivity contribution is 5.97. The minimum Gasteiger partial charge on any atom is -0.434 e. The number of halogens is 2. The van der Waals surface area contributed by atoms with Crippen LogP contribution in [0.25, 0.3) is 0 Å². The molecule has 0 spiro atoms. The summed E-state index contributed by atoms with van der Waals surface area (Å²) in [5.74, 6) is -0.560. The van der Waals surface area contributed by atoms with Crippen molar-refractivity contribution in [2.24, 2.45) is 5.73 Å². The molecule has 1 aromatic carbocycles. The molecule has 0 aromatic heterocycles. The predicted molar refractivity (Wildman–Crippen MR) is 69.9 cm³/mol. The molecule has 0 fully saturated rings. The maximum absolute atomic E-state index is 12.3. The first-order valence-corrected chi connectivity index (χ1v) is 6.12. The first-order chi connectivity index (χ1) is 9.60. The number of hydrogen-bond acceptors (Lipinski definition) is 4. The van der Waals surface area contributed by atoms with Gasteiger partial charge in [-0.1, -0.05) is 12.1 Å². The van der Waals surface area contributed by atoms with Gasteiger partial charge in [-0.3, -0.25) is 4.79 Å². The molecular weight excluding hydrogens is 270 g/mol. The quantitative estimate of drug-likeness (QED) is 0.784. The van der Waals surface area contributed by atoms with Gasteiger partial charge < -0.3 is 20.1 Å². The normalized spacial score (nSPS) is 10.7. The van der Waals surface area contributed by atoms with Gasteiger partial charge >= 0.3 is 6.61 Å². The number of carbonyl (C=O) groups is 1. The molecule has 1 amide bonds. The third-order valence-corrected chi connectivity index (χ3v) is 2.59. The van der Waals surface area contributed by atoms with E-state index >= 15 is 0 Å². The molecule has 0 aliphatic carbocycles. The Bertz CT molecular complexity index is 430. The van der Waals surface area contributed by atoms with E-state index in [1.807, 2.05) is 0 Å². The Morgan fingerprint density at radius 1 is 1.35 bits per heavy atom. The minimum atomic E-state index is -2.98. The van der Waals surface area contributed by atoms with Crippen molar-refractivity contribution in [2.45, 2.75) is 6.61 Å². The molecule has 20 heavy (non-hydrogen) atoms. The zero-order valence-electron chi connectivity index (χ0n) is 11.2. The molecule has 7 heteroatoms. The van der Waals surface area contributed by atoms with Crippen molar-refractivity contribution in [3.05, 3.63) is 29.8 Å². The average Bonchev–Trinajstić information content (AvgIpc) is 2.42. The van der Waals surface area contributed by atoms with E-state index in [1.54, 1.807) is 6.07 Å². The maximum atomic E-state index is 12.3. The van der Waals surface area contributed by atoms with E-state index in [0.29, 0.717) is 19.7 Å². The molecule has 0 heterocycles. The fourth-order valence-electron chi connectivity index (χ4n) is 1.68. The lowest BCUT2D eigenvalue weighted by Crippen LogP contribution is -2.37. The van der Waals surface area contributed by atoms with E-state index < -0.39 is 12.5 Å². The Morgan fingerprint density at radius 2 is 2.05 bits per heavy atom. The summed E-state index contributed by atoms with van der Waals surface area (Å²) in [5.41, 5.74) is 5.53. The third-order valence-electron chi connectivity index (χ3n) is 2.59. The van der Waals surface area contributed by atoms with E-state index in [9.17, 15) is 13.6 Å². The predicted octanol–water partition coefficient (Wildman–Crippen LogP) is 1.34. The number of amides is 1. The van der Waals surface area contributed by atoms with Gasteiger partial charge in [-0.2, -0.15) is 8.78 Å². The monoisotopic (exact) mass is 288 g/mol. The number of benzene rings is 1. The summed E-state index contributed by atoms with van der Waals surface area (Å²) in [5, 5.41) is 0. The summed E-state index contributed by atoms with van der Waals surface area (Å²) in [6, 6.07) is 5.88.